The summed E-state index contributed by atoms with van der Waals surface area (Å²) in [4.78, 5) is 23.7. The lowest BCUT2D eigenvalue weighted by molar-refractivity contribution is 0.251. The first kappa shape index (κ1) is 19.4. The van der Waals surface area contributed by atoms with E-state index < -0.39 is 0 Å². The first-order valence-electron chi connectivity index (χ1n) is 9.95. The average Bonchev–Trinajstić information content (AvgIpc) is 3.20. The van der Waals surface area contributed by atoms with Crippen LogP contribution in [0, 0.1) is 6.92 Å². The Balaban J connectivity index is 1.35. The molecule has 1 aliphatic heterocycles. The van der Waals surface area contributed by atoms with Gasteiger partial charge in [-0.15, -0.1) is 11.3 Å². The molecule has 0 bridgehead atoms. The number of aryl methyl sites for hydroxylation is 1. The van der Waals surface area contributed by atoms with Crippen LogP contribution in [0.25, 0.3) is 11.3 Å². The molecule has 1 aliphatic rings. The van der Waals surface area contributed by atoms with Crippen LogP contribution in [0.15, 0.2) is 48.0 Å². The van der Waals surface area contributed by atoms with Crippen molar-refractivity contribution in [3.8, 4) is 11.3 Å². The zero-order valence-corrected chi connectivity index (χ0v) is 17.3. The fourth-order valence-corrected chi connectivity index (χ4v) is 4.15. The monoisotopic (exact) mass is 407 g/mol. The van der Waals surface area contributed by atoms with Gasteiger partial charge in [-0.05, 0) is 44.4 Å². The summed E-state index contributed by atoms with van der Waals surface area (Å²) in [6.45, 7) is 4.50. The number of amides is 2. The van der Waals surface area contributed by atoms with Crippen molar-refractivity contribution in [1.29, 1.82) is 0 Å². The second-order valence-corrected chi connectivity index (χ2v) is 8.23. The molecule has 0 spiro atoms. The number of anilines is 2. The number of urea groups is 1. The summed E-state index contributed by atoms with van der Waals surface area (Å²) in [5.41, 5.74) is 3.80. The summed E-state index contributed by atoms with van der Waals surface area (Å²) in [5.74, 6) is 0.982. The van der Waals surface area contributed by atoms with E-state index in [1.807, 2.05) is 54.9 Å². The van der Waals surface area contributed by atoms with Gasteiger partial charge in [-0.1, -0.05) is 18.2 Å². The Bertz CT molecular complexity index is 963. The van der Waals surface area contributed by atoms with Gasteiger partial charge < -0.3 is 15.5 Å². The highest BCUT2D eigenvalue weighted by atomic mass is 32.1. The van der Waals surface area contributed by atoms with Gasteiger partial charge in [0.1, 0.15) is 5.82 Å². The minimum Gasteiger partial charge on any atom is -0.356 e. The molecule has 7 heteroatoms. The van der Waals surface area contributed by atoms with Crippen LogP contribution in [0.2, 0.25) is 0 Å². The molecule has 6 nitrogen and oxygen atoms in total. The van der Waals surface area contributed by atoms with Crippen molar-refractivity contribution in [2.24, 2.45) is 0 Å². The number of pyridine rings is 1. The van der Waals surface area contributed by atoms with E-state index in [0.29, 0.717) is 6.54 Å². The second kappa shape index (κ2) is 9.05. The van der Waals surface area contributed by atoms with Crippen LogP contribution in [0.4, 0.5) is 16.3 Å². The minimum atomic E-state index is -0.226. The first-order chi connectivity index (χ1) is 14.2. The lowest BCUT2D eigenvalue weighted by atomic mass is 10.1. The number of nitrogens with one attached hydrogen (secondary N) is 2. The van der Waals surface area contributed by atoms with E-state index in [2.05, 4.69) is 25.5 Å². The Morgan fingerprint density at radius 2 is 1.93 bits per heavy atom. The van der Waals surface area contributed by atoms with E-state index in [1.54, 1.807) is 11.3 Å². The van der Waals surface area contributed by atoms with Gasteiger partial charge in [-0.25, -0.2) is 14.8 Å². The summed E-state index contributed by atoms with van der Waals surface area (Å²) < 4.78 is 0. The number of carbonyl (C=O) groups excluding carboxylic acids is 1. The summed E-state index contributed by atoms with van der Waals surface area (Å²) >= 11 is 1.63. The molecule has 29 heavy (non-hydrogen) atoms. The maximum atomic E-state index is 12.4. The molecule has 3 heterocycles. The van der Waals surface area contributed by atoms with E-state index in [-0.39, 0.29) is 6.03 Å². The van der Waals surface area contributed by atoms with E-state index in [1.165, 1.54) is 19.3 Å². The molecule has 2 amide bonds. The van der Waals surface area contributed by atoms with Crippen molar-refractivity contribution in [2.45, 2.75) is 32.7 Å². The maximum absolute atomic E-state index is 12.4. The van der Waals surface area contributed by atoms with Crippen LogP contribution >= 0.6 is 11.3 Å². The SMILES string of the molecule is Cc1nc(-c2ccc(NC(=O)NCc3cccnc3N3CCCCC3)cc2)cs1. The fourth-order valence-electron chi connectivity index (χ4n) is 3.53. The largest absolute Gasteiger partial charge is 0.356 e. The zero-order valence-electron chi connectivity index (χ0n) is 16.5. The van der Waals surface area contributed by atoms with Crippen LogP contribution in [-0.2, 0) is 6.54 Å². The molecule has 0 saturated carbocycles. The number of aromatic nitrogens is 2. The lowest BCUT2D eigenvalue weighted by Gasteiger charge is -2.29. The van der Waals surface area contributed by atoms with Crippen molar-refractivity contribution in [3.05, 3.63) is 58.5 Å². The second-order valence-electron chi connectivity index (χ2n) is 7.17. The fraction of sp³-hybridized carbons (Fsp3) is 0.318. The number of rotatable bonds is 5. The van der Waals surface area contributed by atoms with Crippen molar-refractivity contribution in [2.75, 3.05) is 23.3 Å². The zero-order chi connectivity index (χ0) is 20.1. The van der Waals surface area contributed by atoms with E-state index >= 15 is 0 Å². The molecule has 150 valence electrons. The number of hydrogen-bond acceptors (Lipinski definition) is 5. The number of piperidine rings is 1. The number of nitrogens with zero attached hydrogens (tertiary/aromatic N) is 3. The molecule has 0 atom stereocenters. The third-order valence-corrected chi connectivity index (χ3v) is 5.79. The Kier molecular flexibility index (Phi) is 6.05. The van der Waals surface area contributed by atoms with Gasteiger partial charge in [0.25, 0.3) is 0 Å². The van der Waals surface area contributed by atoms with E-state index in [4.69, 9.17) is 0 Å². The lowest BCUT2D eigenvalue weighted by Crippen LogP contribution is -2.33. The molecule has 3 aromatic rings. The van der Waals surface area contributed by atoms with Gasteiger partial charge in [0.05, 0.1) is 10.7 Å². The molecule has 0 aliphatic carbocycles. The number of hydrogen-bond donors (Lipinski definition) is 2. The predicted octanol–water partition coefficient (Wildman–Crippen LogP) is 4.83. The Morgan fingerprint density at radius 3 is 2.66 bits per heavy atom. The molecule has 2 aromatic heterocycles. The van der Waals surface area contributed by atoms with Gasteiger partial charge in [-0.2, -0.15) is 0 Å². The topological polar surface area (TPSA) is 70.1 Å². The standard InChI is InChI=1S/C22H25N5OS/c1-16-25-20(15-29-16)17-7-9-19(10-8-17)26-22(28)24-14-18-6-5-11-23-21(18)27-12-3-2-4-13-27/h5-11,15H,2-4,12-14H2,1H3,(H2,24,26,28). The summed E-state index contributed by atoms with van der Waals surface area (Å²) in [6.07, 6.45) is 5.49. The normalized spacial score (nSPS) is 13.9. The summed E-state index contributed by atoms with van der Waals surface area (Å²) in [5, 5.41) is 8.92. The van der Waals surface area contributed by atoms with E-state index in [0.717, 1.165) is 46.4 Å². The van der Waals surface area contributed by atoms with Crippen molar-refractivity contribution in [3.63, 3.8) is 0 Å². The van der Waals surface area contributed by atoms with Crippen molar-refractivity contribution in [1.82, 2.24) is 15.3 Å². The number of benzene rings is 1. The van der Waals surface area contributed by atoms with Crippen molar-refractivity contribution < 1.29 is 4.79 Å². The third-order valence-electron chi connectivity index (χ3n) is 5.02. The van der Waals surface area contributed by atoms with Gasteiger partial charge in [0, 0.05) is 48.0 Å². The molecule has 0 unspecified atom stereocenters. The smallest absolute Gasteiger partial charge is 0.319 e. The highest BCUT2D eigenvalue weighted by Gasteiger charge is 2.15. The molecule has 1 fully saturated rings. The number of thiazole rings is 1. The molecular weight excluding hydrogens is 382 g/mol. The highest BCUT2D eigenvalue weighted by Crippen LogP contribution is 2.23. The molecule has 4 rings (SSSR count). The van der Waals surface area contributed by atoms with Crippen molar-refractivity contribution >= 4 is 28.9 Å². The average molecular weight is 408 g/mol. The van der Waals surface area contributed by atoms with Crippen LogP contribution in [-0.4, -0.2) is 29.1 Å². The molecule has 2 N–H and O–H groups in total. The third kappa shape index (κ3) is 4.92. The van der Waals surface area contributed by atoms with Crippen LogP contribution in [0.1, 0.15) is 29.8 Å². The van der Waals surface area contributed by atoms with Crippen LogP contribution in [0.5, 0.6) is 0 Å². The van der Waals surface area contributed by atoms with Gasteiger partial charge in [-0.3, -0.25) is 0 Å². The van der Waals surface area contributed by atoms with E-state index in [9.17, 15) is 4.79 Å². The molecule has 0 radical (unpaired) electrons. The Labute approximate surface area is 175 Å². The molecule has 1 saturated heterocycles. The maximum Gasteiger partial charge on any atom is 0.319 e. The Morgan fingerprint density at radius 1 is 1.14 bits per heavy atom. The first-order valence-corrected chi connectivity index (χ1v) is 10.8. The summed E-state index contributed by atoms with van der Waals surface area (Å²) in [7, 11) is 0. The van der Waals surface area contributed by atoms with Crippen LogP contribution < -0.4 is 15.5 Å². The summed E-state index contributed by atoms with van der Waals surface area (Å²) in [6, 6.07) is 11.5. The quantitative estimate of drug-likeness (QED) is 0.636. The highest BCUT2D eigenvalue weighted by molar-refractivity contribution is 7.09. The van der Waals surface area contributed by atoms with Gasteiger partial charge in [0.2, 0.25) is 0 Å². The van der Waals surface area contributed by atoms with Gasteiger partial charge in [0.15, 0.2) is 0 Å². The molecule has 1 aromatic carbocycles. The van der Waals surface area contributed by atoms with Gasteiger partial charge >= 0.3 is 6.03 Å². The minimum absolute atomic E-state index is 0.226. The molecular formula is C22H25N5OS. The van der Waals surface area contributed by atoms with Crippen LogP contribution in [0.3, 0.4) is 0 Å². The predicted molar refractivity (Wildman–Crippen MR) is 118 cm³/mol. The number of carbonyl (C=O) groups is 1. The Hall–Kier alpha value is -2.93.